The summed E-state index contributed by atoms with van der Waals surface area (Å²) in [6.45, 7) is 5.51. The van der Waals surface area contributed by atoms with Crippen LogP contribution in [-0.4, -0.2) is 28.7 Å². The number of hydrogen-bond acceptors (Lipinski definition) is 8. The molecule has 0 unspecified atom stereocenters. The van der Waals surface area contributed by atoms with Gasteiger partial charge in [-0.05, 0) is 25.2 Å². The Labute approximate surface area is 126 Å². The van der Waals surface area contributed by atoms with E-state index in [1.54, 1.807) is 25.6 Å². The first kappa shape index (κ1) is 17.5. The zero-order chi connectivity index (χ0) is 14.3. The Morgan fingerprint density at radius 2 is 1.89 bits per heavy atom. The monoisotopic (exact) mass is 342 g/mol. The number of nitrogens with zero attached hydrogens (tertiary/aromatic N) is 2. The van der Waals surface area contributed by atoms with Crippen LogP contribution in [0.3, 0.4) is 0 Å². The van der Waals surface area contributed by atoms with Crippen molar-refractivity contribution in [2.45, 2.75) is 43.0 Å². The van der Waals surface area contributed by atoms with E-state index in [0.717, 1.165) is 9.35 Å². The molecule has 0 N–H and O–H groups in total. The molecule has 1 rings (SSSR count). The third-order valence-corrected chi connectivity index (χ3v) is 7.74. The summed E-state index contributed by atoms with van der Waals surface area (Å²) < 4.78 is 23.6. The van der Waals surface area contributed by atoms with Gasteiger partial charge in [0.15, 0.2) is 4.34 Å². The molecule has 0 amide bonds. The maximum absolute atomic E-state index is 12.2. The fraction of sp³-hybridized carbons (Fsp3) is 0.800. The van der Waals surface area contributed by atoms with Gasteiger partial charge in [-0.25, -0.2) is 4.57 Å². The third-order valence-electron chi connectivity index (χ3n) is 1.71. The summed E-state index contributed by atoms with van der Waals surface area (Å²) in [7, 11) is 0. The standard InChI is InChI=1S/C10H19N2O3PS3/c1-5-14-16(13,15-6-2)17-7-9-11-12-10(19-9)18-8(3)4/h8H,5-7H2,1-4H3. The van der Waals surface area contributed by atoms with Gasteiger partial charge in [-0.3, -0.25) is 0 Å². The minimum Gasteiger partial charge on any atom is -0.301 e. The minimum absolute atomic E-state index is 0.370. The SMILES string of the molecule is CCOP(=O)(OCC)SCc1nnc(SC(C)C)s1. The Kier molecular flexibility index (Phi) is 7.94. The molecule has 1 aromatic rings. The van der Waals surface area contributed by atoms with Crippen LogP contribution in [0, 0.1) is 0 Å². The van der Waals surface area contributed by atoms with Gasteiger partial charge in [-0.2, -0.15) is 0 Å². The fourth-order valence-corrected chi connectivity index (χ4v) is 6.80. The van der Waals surface area contributed by atoms with Crippen LogP contribution < -0.4 is 0 Å². The lowest BCUT2D eigenvalue weighted by Crippen LogP contribution is -1.93. The topological polar surface area (TPSA) is 61.3 Å². The van der Waals surface area contributed by atoms with Gasteiger partial charge in [0.2, 0.25) is 0 Å². The molecule has 19 heavy (non-hydrogen) atoms. The highest BCUT2D eigenvalue weighted by Gasteiger charge is 2.25. The molecule has 0 fully saturated rings. The predicted molar refractivity (Wildman–Crippen MR) is 83.1 cm³/mol. The molecule has 5 nitrogen and oxygen atoms in total. The van der Waals surface area contributed by atoms with Gasteiger partial charge < -0.3 is 9.05 Å². The molecule has 0 saturated carbocycles. The summed E-state index contributed by atoms with van der Waals surface area (Å²) in [5, 5.41) is 9.50. The van der Waals surface area contributed by atoms with Crippen LogP contribution in [0.5, 0.6) is 0 Å². The first-order valence-corrected chi connectivity index (χ1v) is 10.8. The Morgan fingerprint density at radius 3 is 2.42 bits per heavy atom. The Hall–Kier alpha value is 0.410. The summed E-state index contributed by atoms with van der Waals surface area (Å²) in [5.74, 6) is 0.494. The Bertz CT molecular complexity index is 418. The third kappa shape index (κ3) is 6.60. The molecule has 0 aliphatic carbocycles. The highest BCUT2D eigenvalue weighted by atomic mass is 32.7. The highest BCUT2D eigenvalue weighted by Crippen LogP contribution is 2.61. The van der Waals surface area contributed by atoms with Crippen LogP contribution in [0.1, 0.15) is 32.7 Å². The van der Waals surface area contributed by atoms with Gasteiger partial charge in [0.25, 0.3) is 0 Å². The van der Waals surface area contributed by atoms with Gasteiger partial charge in [0.05, 0.1) is 19.0 Å². The number of thioether (sulfide) groups is 1. The summed E-state index contributed by atoms with van der Waals surface area (Å²) in [5.41, 5.74) is 0. The average Bonchev–Trinajstić information content (AvgIpc) is 2.74. The first-order valence-electron chi connectivity index (χ1n) is 6.01. The summed E-state index contributed by atoms with van der Waals surface area (Å²) >= 11 is 4.37. The summed E-state index contributed by atoms with van der Waals surface area (Å²) in [6.07, 6.45) is 0. The normalized spacial score (nSPS) is 12.3. The molecule has 1 aromatic heterocycles. The first-order chi connectivity index (χ1) is 8.99. The van der Waals surface area contributed by atoms with E-state index in [0.29, 0.717) is 24.2 Å². The van der Waals surface area contributed by atoms with Crippen molar-refractivity contribution in [1.29, 1.82) is 0 Å². The Morgan fingerprint density at radius 1 is 1.26 bits per heavy atom. The summed E-state index contributed by atoms with van der Waals surface area (Å²) in [6, 6.07) is 0. The van der Waals surface area contributed by atoms with Crippen molar-refractivity contribution >= 4 is 41.3 Å². The van der Waals surface area contributed by atoms with E-state index in [4.69, 9.17) is 9.05 Å². The van der Waals surface area contributed by atoms with Crippen molar-refractivity contribution in [3.63, 3.8) is 0 Å². The second-order valence-corrected chi connectivity index (χ2v) is 10.6. The predicted octanol–water partition coefficient (Wildman–Crippen LogP) is 4.45. The highest BCUT2D eigenvalue weighted by molar-refractivity contribution is 8.54. The second-order valence-electron chi connectivity index (χ2n) is 3.68. The van der Waals surface area contributed by atoms with Crippen LogP contribution in [0.25, 0.3) is 0 Å². The van der Waals surface area contributed by atoms with E-state index in [1.807, 2.05) is 0 Å². The number of rotatable bonds is 9. The lowest BCUT2D eigenvalue weighted by atomic mass is 10.6. The summed E-state index contributed by atoms with van der Waals surface area (Å²) in [4.78, 5) is 0. The number of aromatic nitrogens is 2. The number of hydrogen-bond donors (Lipinski definition) is 0. The van der Waals surface area contributed by atoms with E-state index in [1.165, 1.54) is 22.7 Å². The molecule has 1 heterocycles. The van der Waals surface area contributed by atoms with Crippen LogP contribution in [0.15, 0.2) is 4.34 Å². The van der Waals surface area contributed by atoms with Gasteiger partial charge in [-0.1, -0.05) is 36.9 Å². The molecule has 0 spiro atoms. The van der Waals surface area contributed by atoms with Crippen molar-refractivity contribution in [2.75, 3.05) is 13.2 Å². The van der Waals surface area contributed by atoms with E-state index < -0.39 is 6.80 Å². The van der Waals surface area contributed by atoms with Gasteiger partial charge in [0, 0.05) is 5.25 Å². The molecule has 0 bridgehead atoms. The molecule has 0 radical (unpaired) electrons. The molecule has 9 heteroatoms. The lowest BCUT2D eigenvalue weighted by Gasteiger charge is -2.14. The van der Waals surface area contributed by atoms with Gasteiger partial charge >= 0.3 is 6.80 Å². The van der Waals surface area contributed by atoms with E-state index in [9.17, 15) is 4.57 Å². The molecule has 0 saturated heterocycles. The van der Waals surface area contributed by atoms with Crippen LogP contribution in [0.4, 0.5) is 0 Å². The van der Waals surface area contributed by atoms with Gasteiger partial charge in [-0.15, -0.1) is 10.2 Å². The van der Waals surface area contributed by atoms with Crippen LogP contribution in [0.2, 0.25) is 0 Å². The van der Waals surface area contributed by atoms with Crippen molar-refractivity contribution in [3.05, 3.63) is 5.01 Å². The van der Waals surface area contributed by atoms with Crippen molar-refractivity contribution in [2.24, 2.45) is 0 Å². The minimum atomic E-state index is -3.05. The molecular formula is C10H19N2O3PS3. The molecule has 0 aliphatic heterocycles. The average molecular weight is 342 g/mol. The van der Waals surface area contributed by atoms with Crippen LogP contribution >= 0.6 is 41.3 Å². The van der Waals surface area contributed by atoms with Crippen molar-refractivity contribution in [1.82, 2.24) is 10.2 Å². The maximum atomic E-state index is 12.2. The quantitative estimate of drug-likeness (QED) is 0.485. The molecular weight excluding hydrogens is 323 g/mol. The van der Waals surface area contributed by atoms with Crippen LogP contribution in [-0.2, 0) is 19.4 Å². The smallest absolute Gasteiger partial charge is 0.301 e. The van der Waals surface area contributed by atoms with E-state index in [2.05, 4.69) is 24.0 Å². The van der Waals surface area contributed by atoms with E-state index in [-0.39, 0.29) is 0 Å². The fourth-order valence-electron chi connectivity index (χ4n) is 1.11. The maximum Gasteiger partial charge on any atom is 0.389 e. The second kappa shape index (κ2) is 8.64. The zero-order valence-corrected chi connectivity index (χ0v) is 14.8. The van der Waals surface area contributed by atoms with Crippen molar-refractivity contribution < 1.29 is 13.6 Å². The largest absolute Gasteiger partial charge is 0.389 e. The molecule has 0 aliphatic rings. The Balaban J connectivity index is 2.54. The van der Waals surface area contributed by atoms with E-state index >= 15 is 0 Å². The zero-order valence-electron chi connectivity index (χ0n) is 11.5. The van der Waals surface area contributed by atoms with Gasteiger partial charge in [0.1, 0.15) is 5.01 Å². The molecule has 110 valence electrons. The van der Waals surface area contributed by atoms with Crippen molar-refractivity contribution in [3.8, 4) is 0 Å². The molecule has 0 atom stereocenters. The molecule has 0 aromatic carbocycles. The lowest BCUT2D eigenvalue weighted by molar-refractivity contribution is 0.237.